The van der Waals surface area contributed by atoms with Crippen molar-refractivity contribution in [3.05, 3.63) is 48.5 Å². The van der Waals surface area contributed by atoms with E-state index in [0.717, 1.165) is 0 Å². The Morgan fingerprint density at radius 2 is 1.68 bits per heavy atom. The number of hydrogen-bond acceptors (Lipinski definition) is 6. The third-order valence-corrected chi connectivity index (χ3v) is 7.30. The second kappa shape index (κ2) is 8.66. The molecule has 2 amide bonds. The molecule has 10 heteroatoms. The summed E-state index contributed by atoms with van der Waals surface area (Å²) in [6.07, 6.45) is 0.0672. The van der Waals surface area contributed by atoms with E-state index in [0.29, 0.717) is 37.7 Å². The molecule has 0 unspecified atom stereocenters. The summed E-state index contributed by atoms with van der Waals surface area (Å²) in [6.45, 7) is 1.57. The van der Waals surface area contributed by atoms with Crippen LogP contribution in [0.2, 0.25) is 0 Å². The number of aromatic hydroxyl groups is 1. The van der Waals surface area contributed by atoms with E-state index < -0.39 is 15.9 Å². The molecule has 2 heterocycles. The minimum absolute atomic E-state index is 0.0672. The normalized spacial score (nSPS) is 20.1. The Hall–Kier alpha value is -2.95. The Kier molecular flexibility index (Phi) is 5.94. The first-order valence-corrected chi connectivity index (χ1v) is 11.4. The SMILES string of the molecule is O=C(Nc1ccc(O)cc1)[C@@H]1CC(=O)N(c2ccc(S(=O)(=O)N3CCOCC3)cc2)C1. The van der Waals surface area contributed by atoms with E-state index in [1.807, 2.05) is 0 Å². The summed E-state index contributed by atoms with van der Waals surface area (Å²) in [7, 11) is -3.61. The first-order chi connectivity index (χ1) is 14.8. The molecule has 0 aliphatic carbocycles. The second-order valence-corrected chi connectivity index (χ2v) is 9.39. The summed E-state index contributed by atoms with van der Waals surface area (Å²) >= 11 is 0. The van der Waals surface area contributed by atoms with Crippen LogP contribution in [0.4, 0.5) is 11.4 Å². The number of ether oxygens (including phenoxy) is 1. The molecule has 9 nitrogen and oxygen atoms in total. The number of rotatable bonds is 5. The molecule has 0 saturated carbocycles. The van der Waals surface area contributed by atoms with Gasteiger partial charge in [0.2, 0.25) is 21.8 Å². The Morgan fingerprint density at radius 1 is 1.03 bits per heavy atom. The number of sulfonamides is 1. The predicted molar refractivity (Wildman–Crippen MR) is 113 cm³/mol. The van der Waals surface area contributed by atoms with E-state index in [1.165, 1.54) is 33.5 Å². The van der Waals surface area contributed by atoms with Crippen LogP contribution in [0.25, 0.3) is 0 Å². The molecule has 0 bridgehead atoms. The summed E-state index contributed by atoms with van der Waals surface area (Å²) in [5.41, 5.74) is 1.08. The number of carbonyl (C=O) groups excluding carboxylic acids is 2. The van der Waals surface area contributed by atoms with Gasteiger partial charge in [0, 0.05) is 37.4 Å². The number of anilines is 2. The number of nitrogens with one attached hydrogen (secondary N) is 1. The van der Waals surface area contributed by atoms with Gasteiger partial charge < -0.3 is 20.1 Å². The fourth-order valence-corrected chi connectivity index (χ4v) is 5.06. The number of carbonyl (C=O) groups is 2. The Bertz CT molecular complexity index is 1060. The largest absolute Gasteiger partial charge is 0.508 e. The third-order valence-electron chi connectivity index (χ3n) is 5.39. The van der Waals surface area contributed by atoms with E-state index in [1.54, 1.807) is 24.3 Å². The lowest BCUT2D eigenvalue weighted by Crippen LogP contribution is -2.40. The van der Waals surface area contributed by atoms with Gasteiger partial charge in [0.15, 0.2) is 0 Å². The molecule has 31 heavy (non-hydrogen) atoms. The number of nitrogens with zero attached hydrogens (tertiary/aromatic N) is 2. The van der Waals surface area contributed by atoms with Gasteiger partial charge in [0.1, 0.15) is 5.75 Å². The van der Waals surface area contributed by atoms with E-state index in [2.05, 4.69) is 5.32 Å². The van der Waals surface area contributed by atoms with Crippen LogP contribution in [0, 0.1) is 5.92 Å². The molecule has 0 radical (unpaired) electrons. The highest BCUT2D eigenvalue weighted by Gasteiger charge is 2.35. The first-order valence-electron chi connectivity index (χ1n) is 9.93. The average molecular weight is 445 g/mol. The van der Waals surface area contributed by atoms with Crippen molar-refractivity contribution < 1.29 is 27.9 Å². The lowest BCUT2D eigenvalue weighted by Gasteiger charge is -2.26. The number of morpholine rings is 1. The molecule has 2 N–H and O–H groups in total. The molecule has 0 aromatic heterocycles. The topological polar surface area (TPSA) is 116 Å². The van der Waals surface area contributed by atoms with Crippen molar-refractivity contribution in [3.8, 4) is 5.75 Å². The standard InChI is InChI=1S/C21H23N3O6S/c25-18-5-1-16(2-6-18)22-21(27)15-13-20(26)24(14-15)17-3-7-19(8-4-17)31(28,29)23-9-11-30-12-10-23/h1-8,15,25H,9-14H2,(H,22,27)/t15-/m1/s1. The van der Waals surface area contributed by atoms with Crippen LogP contribution in [-0.2, 0) is 24.3 Å². The Morgan fingerprint density at radius 3 is 2.32 bits per heavy atom. The number of phenols is 1. The van der Waals surface area contributed by atoms with Crippen molar-refractivity contribution in [2.45, 2.75) is 11.3 Å². The van der Waals surface area contributed by atoms with Crippen LogP contribution >= 0.6 is 0 Å². The van der Waals surface area contributed by atoms with Crippen LogP contribution < -0.4 is 10.2 Å². The highest BCUT2D eigenvalue weighted by molar-refractivity contribution is 7.89. The fraction of sp³-hybridized carbons (Fsp3) is 0.333. The highest BCUT2D eigenvalue weighted by Crippen LogP contribution is 2.28. The molecule has 2 fully saturated rings. The maximum Gasteiger partial charge on any atom is 0.243 e. The van der Waals surface area contributed by atoms with E-state index >= 15 is 0 Å². The highest BCUT2D eigenvalue weighted by atomic mass is 32.2. The minimum atomic E-state index is -3.61. The van der Waals surface area contributed by atoms with Crippen molar-refractivity contribution in [1.29, 1.82) is 0 Å². The van der Waals surface area contributed by atoms with E-state index in [9.17, 15) is 23.1 Å². The van der Waals surface area contributed by atoms with Gasteiger partial charge in [0.25, 0.3) is 0 Å². The molecule has 164 valence electrons. The predicted octanol–water partition coefficient (Wildman–Crippen LogP) is 1.40. The van der Waals surface area contributed by atoms with Crippen LogP contribution in [0.15, 0.2) is 53.4 Å². The maximum absolute atomic E-state index is 12.7. The van der Waals surface area contributed by atoms with Gasteiger partial charge in [-0.3, -0.25) is 9.59 Å². The zero-order valence-corrected chi connectivity index (χ0v) is 17.5. The van der Waals surface area contributed by atoms with Crippen molar-refractivity contribution in [2.24, 2.45) is 5.92 Å². The Balaban J connectivity index is 1.43. The second-order valence-electron chi connectivity index (χ2n) is 7.45. The molecule has 2 aromatic rings. The lowest BCUT2D eigenvalue weighted by molar-refractivity contribution is -0.122. The van der Waals surface area contributed by atoms with Crippen molar-refractivity contribution in [3.63, 3.8) is 0 Å². The van der Waals surface area contributed by atoms with Gasteiger partial charge in [-0.1, -0.05) is 0 Å². The summed E-state index contributed by atoms with van der Waals surface area (Å²) in [5, 5.41) is 12.1. The summed E-state index contributed by atoms with van der Waals surface area (Å²) < 4.78 is 32.1. The molecular formula is C21H23N3O6S. The molecule has 4 rings (SSSR count). The molecule has 2 saturated heterocycles. The molecule has 2 aliphatic rings. The molecule has 2 aromatic carbocycles. The summed E-state index contributed by atoms with van der Waals surface area (Å²) in [5.74, 6) is -0.917. The van der Waals surface area contributed by atoms with Crippen LogP contribution in [-0.4, -0.2) is 62.5 Å². The summed E-state index contributed by atoms with van der Waals surface area (Å²) in [4.78, 5) is 26.7. The molecular weight excluding hydrogens is 422 g/mol. The number of phenolic OH excluding ortho intramolecular Hbond substituents is 1. The molecule has 2 aliphatic heterocycles. The maximum atomic E-state index is 12.7. The van der Waals surface area contributed by atoms with Crippen molar-refractivity contribution >= 4 is 33.2 Å². The smallest absolute Gasteiger partial charge is 0.243 e. The van der Waals surface area contributed by atoms with Gasteiger partial charge in [-0.05, 0) is 48.5 Å². The number of hydrogen-bond donors (Lipinski definition) is 2. The minimum Gasteiger partial charge on any atom is -0.508 e. The molecule has 0 spiro atoms. The average Bonchev–Trinajstić information content (AvgIpc) is 3.18. The number of amides is 2. The fourth-order valence-electron chi connectivity index (χ4n) is 3.66. The van der Waals surface area contributed by atoms with Gasteiger partial charge in [-0.2, -0.15) is 4.31 Å². The van der Waals surface area contributed by atoms with E-state index in [4.69, 9.17) is 4.74 Å². The molecule has 1 atom stereocenters. The zero-order valence-electron chi connectivity index (χ0n) is 16.7. The number of benzene rings is 2. The van der Waals surface area contributed by atoms with Crippen LogP contribution in [0.5, 0.6) is 5.75 Å². The van der Waals surface area contributed by atoms with Crippen LogP contribution in [0.3, 0.4) is 0 Å². The zero-order chi connectivity index (χ0) is 22.0. The van der Waals surface area contributed by atoms with Gasteiger partial charge in [-0.15, -0.1) is 0 Å². The first kappa shape index (κ1) is 21.3. The summed E-state index contributed by atoms with van der Waals surface area (Å²) in [6, 6.07) is 12.2. The van der Waals surface area contributed by atoms with Crippen molar-refractivity contribution in [2.75, 3.05) is 43.1 Å². The lowest BCUT2D eigenvalue weighted by atomic mass is 10.1. The monoisotopic (exact) mass is 445 g/mol. The van der Waals surface area contributed by atoms with E-state index in [-0.39, 0.29) is 35.4 Å². The quantitative estimate of drug-likeness (QED) is 0.672. The van der Waals surface area contributed by atoms with Crippen molar-refractivity contribution in [1.82, 2.24) is 4.31 Å². The van der Waals surface area contributed by atoms with Crippen LogP contribution in [0.1, 0.15) is 6.42 Å². The van der Waals surface area contributed by atoms with Gasteiger partial charge in [0.05, 0.1) is 24.0 Å². The Labute approximate surface area is 180 Å². The van der Waals surface area contributed by atoms with Gasteiger partial charge >= 0.3 is 0 Å². The van der Waals surface area contributed by atoms with Gasteiger partial charge in [-0.25, -0.2) is 8.42 Å². The third kappa shape index (κ3) is 4.55.